The Labute approximate surface area is 126 Å². The fraction of sp³-hybridized carbons (Fsp3) is 0.294. The van der Waals surface area contributed by atoms with Crippen LogP contribution in [0.3, 0.4) is 0 Å². The zero-order valence-electron chi connectivity index (χ0n) is 12.3. The quantitative estimate of drug-likeness (QED) is 0.762. The molecule has 2 nitrogen and oxygen atoms in total. The van der Waals surface area contributed by atoms with Crippen molar-refractivity contribution in [3.05, 3.63) is 59.2 Å². The average Bonchev–Trinajstić information content (AvgIpc) is 2.46. The molecule has 1 aromatic heterocycles. The maximum Gasteiger partial charge on any atom is 0.416 e. The standard InChI is InChI=1S/C17H15F3N2/c1-16(2)10-11(9-14-15(16)22-8-7-21-14)12-5-3-4-6-13(12)17(18,19)20/h3-9H,10H2,1-2H3. The predicted molar refractivity (Wildman–Crippen MR) is 79.0 cm³/mol. The van der Waals surface area contributed by atoms with E-state index in [1.165, 1.54) is 12.1 Å². The average molecular weight is 304 g/mol. The first kappa shape index (κ1) is 14.8. The summed E-state index contributed by atoms with van der Waals surface area (Å²) in [5, 5.41) is 0. The lowest BCUT2D eigenvalue weighted by atomic mass is 9.75. The maximum atomic E-state index is 13.2. The van der Waals surface area contributed by atoms with E-state index >= 15 is 0 Å². The summed E-state index contributed by atoms with van der Waals surface area (Å²) in [6, 6.07) is 5.68. The van der Waals surface area contributed by atoms with Gasteiger partial charge in [-0.15, -0.1) is 0 Å². The number of hydrogen-bond acceptors (Lipinski definition) is 2. The fourth-order valence-electron chi connectivity index (χ4n) is 2.94. The normalized spacial score (nSPS) is 16.9. The van der Waals surface area contributed by atoms with Gasteiger partial charge in [0, 0.05) is 17.8 Å². The van der Waals surface area contributed by atoms with E-state index in [4.69, 9.17) is 0 Å². The molecule has 0 amide bonds. The molecule has 0 radical (unpaired) electrons. The van der Waals surface area contributed by atoms with Crippen LogP contribution in [0.2, 0.25) is 0 Å². The van der Waals surface area contributed by atoms with E-state index in [-0.39, 0.29) is 11.0 Å². The van der Waals surface area contributed by atoms with Crippen LogP contribution in [0, 0.1) is 0 Å². The Morgan fingerprint density at radius 3 is 2.45 bits per heavy atom. The van der Waals surface area contributed by atoms with Gasteiger partial charge in [0.25, 0.3) is 0 Å². The molecule has 2 aromatic rings. The molecule has 0 saturated heterocycles. The van der Waals surface area contributed by atoms with Crippen LogP contribution in [0.4, 0.5) is 13.2 Å². The number of benzene rings is 1. The van der Waals surface area contributed by atoms with Gasteiger partial charge >= 0.3 is 6.18 Å². The summed E-state index contributed by atoms with van der Waals surface area (Å²) >= 11 is 0. The van der Waals surface area contributed by atoms with Crippen molar-refractivity contribution in [3.8, 4) is 0 Å². The van der Waals surface area contributed by atoms with E-state index in [1.54, 1.807) is 24.5 Å². The van der Waals surface area contributed by atoms with Gasteiger partial charge in [-0.05, 0) is 29.7 Å². The minimum Gasteiger partial charge on any atom is -0.257 e. The second-order valence-electron chi connectivity index (χ2n) is 6.06. The predicted octanol–water partition coefficient (Wildman–Crippen LogP) is 4.72. The minimum absolute atomic E-state index is 0.222. The molecule has 1 aromatic carbocycles. The van der Waals surface area contributed by atoms with Crippen molar-refractivity contribution >= 4 is 11.6 Å². The highest BCUT2D eigenvalue weighted by Gasteiger charge is 2.37. The van der Waals surface area contributed by atoms with E-state index in [9.17, 15) is 13.2 Å². The maximum absolute atomic E-state index is 13.2. The van der Waals surface area contributed by atoms with Gasteiger partial charge in [-0.1, -0.05) is 32.0 Å². The number of aromatic nitrogens is 2. The summed E-state index contributed by atoms with van der Waals surface area (Å²) in [5.74, 6) is 0. The molecule has 0 atom stereocenters. The summed E-state index contributed by atoms with van der Waals surface area (Å²) in [7, 11) is 0. The topological polar surface area (TPSA) is 25.8 Å². The Morgan fingerprint density at radius 1 is 1.05 bits per heavy atom. The van der Waals surface area contributed by atoms with Gasteiger partial charge in [0.1, 0.15) is 0 Å². The third kappa shape index (κ3) is 2.51. The molecule has 0 N–H and O–H groups in total. The lowest BCUT2D eigenvalue weighted by molar-refractivity contribution is -0.137. The number of fused-ring (bicyclic) bond motifs is 1. The molecular weight excluding hydrogens is 289 g/mol. The van der Waals surface area contributed by atoms with E-state index in [0.29, 0.717) is 17.7 Å². The highest BCUT2D eigenvalue weighted by atomic mass is 19.4. The van der Waals surface area contributed by atoms with E-state index < -0.39 is 11.7 Å². The molecule has 0 bridgehead atoms. The van der Waals surface area contributed by atoms with Gasteiger partial charge in [0.15, 0.2) is 0 Å². The number of rotatable bonds is 1. The van der Waals surface area contributed by atoms with Gasteiger partial charge in [-0.3, -0.25) is 9.97 Å². The summed E-state index contributed by atoms with van der Waals surface area (Å²) in [4.78, 5) is 8.60. The molecule has 1 heterocycles. The number of hydrogen-bond donors (Lipinski definition) is 0. The molecule has 0 fully saturated rings. The molecule has 22 heavy (non-hydrogen) atoms. The largest absolute Gasteiger partial charge is 0.416 e. The molecule has 0 saturated carbocycles. The summed E-state index contributed by atoms with van der Waals surface area (Å²) in [5.41, 5.74) is 1.37. The van der Waals surface area contributed by atoms with Crippen molar-refractivity contribution in [2.24, 2.45) is 0 Å². The van der Waals surface area contributed by atoms with Crippen LogP contribution >= 0.6 is 0 Å². The molecule has 0 unspecified atom stereocenters. The molecule has 0 aliphatic heterocycles. The zero-order valence-corrected chi connectivity index (χ0v) is 12.3. The Balaban J connectivity index is 2.18. The monoisotopic (exact) mass is 304 g/mol. The van der Waals surface area contributed by atoms with Gasteiger partial charge in [0.2, 0.25) is 0 Å². The molecule has 1 aliphatic rings. The Kier molecular flexibility index (Phi) is 3.31. The van der Waals surface area contributed by atoms with E-state index in [2.05, 4.69) is 9.97 Å². The SMILES string of the molecule is CC1(C)CC(c2ccccc2C(F)(F)F)=Cc2nccnc21. The molecule has 5 heteroatoms. The molecular formula is C17H15F3N2. The van der Waals surface area contributed by atoms with Crippen LogP contribution in [0.15, 0.2) is 36.7 Å². The zero-order chi connectivity index (χ0) is 16.0. The van der Waals surface area contributed by atoms with E-state index in [1.807, 2.05) is 13.8 Å². The summed E-state index contributed by atoms with van der Waals surface area (Å²) in [6.45, 7) is 3.95. The van der Waals surface area contributed by atoms with Crippen LogP contribution in [-0.4, -0.2) is 9.97 Å². The Bertz CT molecular complexity index is 746. The van der Waals surface area contributed by atoms with Crippen molar-refractivity contribution < 1.29 is 13.2 Å². The van der Waals surface area contributed by atoms with Crippen molar-refractivity contribution in [3.63, 3.8) is 0 Å². The Hall–Kier alpha value is -2.17. The highest BCUT2D eigenvalue weighted by molar-refractivity contribution is 5.85. The summed E-state index contributed by atoms with van der Waals surface area (Å²) in [6.07, 6.45) is 1.02. The number of halogens is 3. The van der Waals surface area contributed by atoms with Gasteiger partial charge in [-0.25, -0.2) is 0 Å². The second-order valence-corrected chi connectivity index (χ2v) is 6.06. The van der Waals surface area contributed by atoms with Crippen molar-refractivity contribution in [2.75, 3.05) is 0 Å². The molecule has 1 aliphatic carbocycles. The minimum atomic E-state index is -4.37. The molecule has 3 rings (SSSR count). The van der Waals surface area contributed by atoms with Crippen LogP contribution in [0.25, 0.3) is 11.6 Å². The van der Waals surface area contributed by atoms with Gasteiger partial charge < -0.3 is 0 Å². The third-order valence-corrected chi connectivity index (χ3v) is 3.89. The lowest BCUT2D eigenvalue weighted by Gasteiger charge is -2.31. The first-order valence-electron chi connectivity index (χ1n) is 6.98. The fourth-order valence-corrected chi connectivity index (χ4v) is 2.94. The number of alkyl halides is 3. The van der Waals surface area contributed by atoms with Crippen molar-refractivity contribution in [2.45, 2.75) is 31.9 Å². The third-order valence-electron chi connectivity index (χ3n) is 3.89. The van der Waals surface area contributed by atoms with Crippen molar-refractivity contribution in [1.29, 1.82) is 0 Å². The number of allylic oxidation sites excluding steroid dienone is 1. The van der Waals surface area contributed by atoms with E-state index in [0.717, 1.165) is 11.8 Å². The van der Waals surface area contributed by atoms with Crippen LogP contribution in [0.1, 0.15) is 42.8 Å². The lowest BCUT2D eigenvalue weighted by Crippen LogP contribution is -2.25. The van der Waals surface area contributed by atoms with Gasteiger partial charge in [-0.2, -0.15) is 13.2 Å². The first-order valence-corrected chi connectivity index (χ1v) is 6.98. The summed E-state index contributed by atoms with van der Waals surface area (Å²) < 4.78 is 39.7. The highest BCUT2D eigenvalue weighted by Crippen LogP contribution is 2.43. The molecule has 0 spiro atoms. The van der Waals surface area contributed by atoms with Crippen LogP contribution < -0.4 is 0 Å². The smallest absolute Gasteiger partial charge is 0.257 e. The number of nitrogens with zero attached hydrogens (tertiary/aromatic N) is 2. The van der Waals surface area contributed by atoms with Crippen LogP contribution in [-0.2, 0) is 11.6 Å². The second kappa shape index (κ2) is 4.93. The van der Waals surface area contributed by atoms with Crippen molar-refractivity contribution in [1.82, 2.24) is 9.97 Å². The van der Waals surface area contributed by atoms with Crippen LogP contribution in [0.5, 0.6) is 0 Å². The molecule has 114 valence electrons. The first-order chi connectivity index (χ1) is 10.3. The van der Waals surface area contributed by atoms with Gasteiger partial charge in [0.05, 0.1) is 17.0 Å². The Morgan fingerprint density at radius 2 is 1.73 bits per heavy atom.